The number of aromatic nitrogens is 1. The molecule has 1 aromatic heterocycles. The molecule has 1 aliphatic rings. The monoisotopic (exact) mass is 369 g/mol. The van der Waals surface area contributed by atoms with E-state index >= 15 is 0 Å². The number of piperidine rings is 1. The minimum absolute atomic E-state index is 0.188. The van der Waals surface area contributed by atoms with Crippen LogP contribution in [0.4, 0.5) is 10.1 Å². The largest absolute Gasteiger partial charge is 0.369 e. The number of benzene rings is 1. The van der Waals surface area contributed by atoms with E-state index in [0.29, 0.717) is 0 Å². The number of hydrogen-bond acceptors (Lipinski definition) is 3. The van der Waals surface area contributed by atoms with Gasteiger partial charge in [0.2, 0.25) is 0 Å². The fourth-order valence-corrected chi connectivity index (χ4v) is 3.49. The van der Waals surface area contributed by atoms with Gasteiger partial charge >= 0.3 is 0 Å². The van der Waals surface area contributed by atoms with Crippen LogP contribution in [0.5, 0.6) is 0 Å². The summed E-state index contributed by atoms with van der Waals surface area (Å²) in [5.74, 6) is 0.624. The molecule has 2 heterocycles. The van der Waals surface area contributed by atoms with Gasteiger partial charge in [-0.1, -0.05) is 6.07 Å². The Labute approximate surface area is 160 Å². The van der Waals surface area contributed by atoms with Crippen molar-refractivity contribution in [3.05, 3.63) is 59.7 Å². The number of nitrogens with zero attached hydrogens (tertiary/aromatic N) is 3. The highest BCUT2D eigenvalue weighted by Crippen LogP contribution is 2.20. The molecule has 0 spiro atoms. The van der Waals surface area contributed by atoms with Gasteiger partial charge < -0.3 is 15.5 Å². The van der Waals surface area contributed by atoms with Crippen LogP contribution in [-0.4, -0.2) is 43.7 Å². The molecule has 1 aromatic carbocycles. The van der Waals surface area contributed by atoms with E-state index in [9.17, 15) is 4.39 Å². The van der Waals surface area contributed by atoms with Gasteiger partial charge in [-0.25, -0.2) is 4.39 Å². The summed E-state index contributed by atoms with van der Waals surface area (Å²) >= 11 is 0. The lowest BCUT2D eigenvalue weighted by molar-refractivity contribution is 0.467. The van der Waals surface area contributed by atoms with Gasteiger partial charge in [-0.15, -0.1) is 0 Å². The normalized spacial score (nSPS) is 17.7. The van der Waals surface area contributed by atoms with Crippen LogP contribution < -0.4 is 15.5 Å². The van der Waals surface area contributed by atoms with Gasteiger partial charge in [0.05, 0.1) is 0 Å². The molecule has 2 N–H and O–H groups in total. The smallest absolute Gasteiger partial charge is 0.191 e. The maximum Gasteiger partial charge on any atom is 0.191 e. The average Bonchev–Trinajstić information content (AvgIpc) is 2.69. The number of halogens is 1. The van der Waals surface area contributed by atoms with Crippen molar-refractivity contribution in [1.82, 2.24) is 15.6 Å². The molecular formula is C21H28FN5. The first-order valence-corrected chi connectivity index (χ1v) is 9.53. The molecule has 5 nitrogen and oxygen atoms in total. The van der Waals surface area contributed by atoms with Crippen LogP contribution in [0.1, 0.15) is 24.0 Å². The molecule has 0 saturated carbocycles. The predicted molar refractivity (Wildman–Crippen MR) is 109 cm³/mol. The molecule has 1 atom stereocenters. The number of aliphatic imine (C=N–C) groups is 1. The highest BCUT2D eigenvalue weighted by Gasteiger charge is 2.21. The Balaban J connectivity index is 1.51. The molecule has 0 aliphatic carbocycles. The second-order valence-corrected chi connectivity index (χ2v) is 6.96. The minimum Gasteiger partial charge on any atom is -0.369 e. The third kappa shape index (κ3) is 5.42. The second-order valence-electron chi connectivity index (χ2n) is 6.96. The van der Waals surface area contributed by atoms with Crippen LogP contribution in [0.2, 0.25) is 0 Å². The van der Waals surface area contributed by atoms with Crippen molar-refractivity contribution in [3.8, 4) is 0 Å². The number of guanidine groups is 1. The average molecular weight is 369 g/mol. The summed E-state index contributed by atoms with van der Waals surface area (Å²) in [4.78, 5) is 10.7. The number of nitrogens with one attached hydrogen (secondary N) is 2. The van der Waals surface area contributed by atoms with E-state index in [1.165, 1.54) is 17.2 Å². The first-order chi connectivity index (χ1) is 13.2. The topological polar surface area (TPSA) is 52.6 Å². The standard InChI is InChI=1S/C21H28FN5/c1-16-14-24-10-8-17(16)9-11-25-21(23-2)26-19-6-4-12-27(15-19)20-7-3-5-18(22)13-20/h3,5,7-8,10,13-14,19H,4,6,9,11-12,15H2,1-2H3,(H2,23,25,26). The Hall–Kier alpha value is -2.63. The van der Waals surface area contributed by atoms with Gasteiger partial charge in [0, 0.05) is 50.8 Å². The molecule has 0 amide bonds. The van der Waals surface area contributed by atoms with E-state index in [-0.39, 0.29) is 11.9 Å². The maximum atomic E-state index is 13.5. The predicted octanol–water partition coefficient (Wildman–Crippen LogP) is 2.91. The first-order valence-electron chi connectivity index (χ1n) is 9.53. The number of pyridine rings is 1. The Morgan fingerprint density at radius 1 is 1.37 bits per heavy atom. The second kappa shape index (κ2) is 9.35. The molecule has 1 fully saturated rings. The minimum atomic E-state index is -0.188. The molecule has 1 unspecified atom stereocenters. The van der Waals surface area contributed by atoms with E-state index in [2.05, 4.69) is 38.5 Å². The van der Waals surface area contributed by atoms with Crippen LogP contribution in [-0.2, 0) is 6.42 Å². The Morgan fingerprint density at radius 3 is 3.04 bits per heavy atom. The Morgan fingerprint density at radius 2 is 2.26 bits per heavy atom. The van der Waals surface area contributed by atoms with Crippen LogP contribution >= 0.6 is 0 Å². The van der Waals surface area contributed by atoms with Gasteiger partial charge in [0.1, 0.15) is 5.82 Å². The molecule has 0 radical (unpaired) electrons. The SMILES string of the molecule is CN=C(NCCc1ccncc1C)NC1CCCN(c2cccc(F)c2)C1. The zero-order valence-corrected chi connectivity index (χ0v) is 16.1. The lowest BCUT2D eigenvalue weighted by Crippen LogP contribution is -2.51. The highest BCUT2D eigenvalue weighted by molar-refractivity contribution is 5.80. The molecule has 2 aromatic rings. The quantitative estimate of drug-likeness (QED) is 0.629. The number of rotatable bonds is 5. The van der Waals surface area contributed by atoms with E-state index in [4.69, 9.17) is 0 Å². The molecule has 144 valence electrons. The summed E-state index contributed by atoms with van der Waals surface area (Å²) in [5.41, 5.74) is 3.45. The fraction of sp³-hybridized carbons (Fsp3) is 0.429. The molecule has 1 saturated heterocycles. The Bertz CT molecular complexity index is 777. The number of hydrogen-bond donors (Lipinski definition) is 2. The number of anilines is 1. The first kappa shape index (κ1) is 19.1. The summed E-state index contributed by atoms with van der Waals surface area (Å²) in [6.07, 6.45) is 6.80. The van der Waals surface area contributed by atoms with Crippen LogP contribution in [0, 0.1) is 12.7 Å². The van der Waals surface area contributed by atoms with Gasteiger partial charge in [0.15, 0.2) is 5.96 Å². The van der Waals surface area contributed by atoms with Crippen molar-refractivity contribution in [2.75, 3.05) is 31.6 Å². The molecule has 6 heteroatoms. The summed E-state index contributed by atoms with van der Waals surface area (Å²) in [7, 11) is 1.79. The van der Waals surface area contributed by atoms with Crippen molar-refractivity contribution in [2.24, 2.45) is 4.99 Å². The van der Waals surface area contributed by atoms with Crippen molar-refractivity contribution in [1.29, 1.82) is 0 Å². The maximum absolute atomic E-state index is 13.5. The zero-order chi connectivity index (χ0) is 19.1. The van der Waals surface area contributed by atoms with Crippen molar-refractivity contribution < 1.29 is 4.39 Å². The molecule has 1 aliphatic heterocycles. The van der Waals surface area contributed by atoms with Crippen LogP contribution in [0.25, 0.3) is 0 Å². The third-order valence-electron chi connectivity index (χ3n) is 4.98. The van der Waals surface area contributed by atoms with Gasteiger partial charge in [-0.2, -0.15) is 0 Å². The van der Waals surface area contributed by atoms with Crippen molar-refractivity contribution >= 4 is 11.6 Å². The zero-order valence-electron chi connectivity index (χ0n) is 16.1. The van der Waals surface area contributed by atoms with Gasteiger partial charge in [-0.3, -0.25) is 9.98 Å². The lowest BCUT2D eigenvalue weighted by Gasteiger charge is -2.35. The lowest BCUT2D eigenvalue weighted by atomic mass is 10.0. The van der Waals surface area contributed by atoms with Crippen LogP contribution in [0.3, 0.4) is 0 Å². The molecule has 0 bridgehead atoms. The fourth-order valence-electron chi connectivity index (χ4n) is 3.49. The van der Waals surface area contributed by atoms with Gasteiger partial charge in [-0.05, 0) is 61.6 Å². The van der Waals surface area contributed by atoms with Crippen molar-refractivity contribution in [2.45, 2.75) is 32.2 Å². The molecule has 3 rings (SSSR count). The summed E-state index contributed by atoms with van der Waals surface area (Å²) in [5, 5.41) is 6.91. The number of aryl methyl sites for hydroxylation is 1. The van der Waals surface area contributed by atoms with Crippen molar-refractivity contribution in [3.63, 3.8) is 0 Å². The molecule has 27 heavy (non-hydrogen) atoms. The molecular weight excluding hydrogens is 341 g/mol. The highest BCUT2D eigenvalue weighted by atomic mass is 19.1. The third-order valence-corrected chi connectivity index (χ3v) is 4.98. The van der Waals surface area contributed by atoms with E-state index in [1.54, 1.807) is 19.2 Å². The van der Waals surface area contributed by atoms with E-state index in [1.807, 2.05) is 18.5 Å². The van der Waals surface area contributed by atoms with E-state index in [0.717, 1.165) is 50.5 Å². The van der Waals surface area contributed by atoms with Crippen LogP contribution in [0.15, 0.2) is 47.7 Å². The Kier molecular flexibility index (Phi) is 6.63. The van der Waals surface area contributed by atoms with E-state index < -0.39 is 0 Å². The summed E-state index contributed by atoms with van der Waals surface area (Å²) < 4.78 is 13.5. The summed E-state index contributed by atoms with van der Waals surface area (Å²) in [6.45, 7) is 4.69. The summed E-state index contributed by atoms with van der Waals surface area (Å²) in [6, 6.07) is 9.17. The van der Waals surface area contributed by atoms with Gasteiger partial charge in [0.25, 0.3) is 0 Å².